The van der Waals surface area contributed by atoms with Crippen LogP contribution >= 0.6 is 0 Å². The van der Waals surface area contributed by atoms with Gasteiger partial charge in [0.05, 0.1) is 19.2 Å². The highest BCUT2D eigenvalue weighted by Gasteiger charge is 2.16. The minimum atomic E-state index is -0.315. The van der Waals surface area contributed by atoms with Crippen LogP contribution in [0.5, 0.6) is 17.2 Å². The first-order valence-corrected chi connectivity index (χ1v) is 9.26. The van der Waals surface area contributed by atoms with E-state index in [1.54, 1.807) is 24.3 Å². The highest BCUT2D eigenvalue weighted by atomic mass is 16.6. The smallest absolute Gasteiger partial charge is 0.251 e. The van der Waals surface area contributed by atoms with Gasteiger partial charge in [0.15, 0.2) is 11.5 Å². The molecule has 2 N–H and O–H groups in total. The summed E-state index contributed by atoms with van der Waals surface area (Å²) >= 11 is 0. The maximum atomic E-state index is 12.2. The molecule has 1 aliphatic heterocycles. The fourth-order valence-electron chi connectivity index (χ4n) is 2.84. The van der Waals surface area contributed by atoms with E-state index in [4.69, 9.17) is 14.2 Å². The van der Waals surface area contributed by atoms with Crippen molar-refractivity contribution >= 4 is 11.8 Å². The summed E-state index contributed by atoms with van der Waals surface area (Å²) in [7, 11) is 0. The quantitative estimate of drug-likeness (QED) is 0.766. The molecule has 28 heavy (non-hydrogen) atoms. The number of carbonyl (C=O) groups is 2. The predicted molar refractivity (Wildman–Crippen MR) is 104 cm³/mol. The molecule has 2 aromatic carbocycles. The lowest BCUT2D eigenvalue weighted by molar-refractivity contribution is -0.120. The van der Waals surface area contributed by atoms with Gasteiger partial charge < -0.3 is 24.8 Å². The van der Waals surface area contributed by atoms with Crippen molar-refractivity contribution in [3.05, 3.63) is 53.6 Å². The molecule has 2 amide bonds. The van der Waals surface area contributed by atoms with Gasteiger partial charge in [0.2, 0.25) is 5.91 Å². The molecule has 7 nitrogen and oxygen atoms in total. The van der Waals surface area contributed by atoms with Crippen molar-refractivity contribution < 1.29 is 23.8 Å². The highest BCUT2D eigenvalue weighted by Crippen LogP contribution is 2.32. The van der Waals surface area contributed by atoms with Crippen LogP contribution in [0.2, 0.25) is 0 Å². The molecule has 1 unspecified atom stereocenters. The van der Waals surface area contributed by atoms with Gasteiger partial charge in [-0.1, -0.05) is 6.07 Å². The largest absolute Gasteiger partial charge is 0.494 e. The van der Waals surface area contributed by atoms with Gasteiger partial charge in [0.1, 0.15) is 19.0 Å². The molecule has 1 aliphatic rings. The van der Waals surface area contributed by atoms with Gasteiger partial charge in [-0.05, 0) is 55.8 Å². The molecule has 0 aliphatic carbocycles. The average molecular weight is 384 g/mol. The third-order valence-electron chi connectivity index (χ3n) is 4.28. The van der Waals surface area contributed by atoms with Crippen LogP contribution in [0.15, 0.2) is 42.5 Å². The van der Waals surface area contributed by atoms with Crippen molar-refractivity contribution in [2.75, 3.05) is 26.4 Å². The van der Waals surface area contributed by atoms with Crippen LogP contribution in [-0.4, -0.2) is 38.2 Å². The molecule has 0 saturated carbocycles. The van der Waals surface area contributed by atoms with Crippen molar-refractivity contribution in [2.24, 2.45) is 0 Å². The zero-order valence-electron chi connectivity index (χ0n) is 16.0. The topological polar surface area (TPSA) is 85.9 Å². The second-order valence-corrected chi connectivity index (χ2v) is 6.33. The van der Waals surface area contributed by atoms with Gasteiger partial charge in [0, 0.05) is 5.56 Å². The monoisotopic (exact) mass is 384 g/mol. The lowest BCUT2D eigenvalue weighted by Crippen LogP contribution is -2.38. The van der Waals surface area contributed by atoms with E-state index >= 15 is 0 Å². The minimum absolute atomic E-state index is 0.110. The minimum Gasteiger partial charge on any atom is -0.494 e. The molecule has 7 heteroatoms. The molecule has 0 radical (unpaired) electrons. The summed E-state index contributed by atoms with van der Waals surface area (Å²) in [5, 5.41) is 5.49. The predicted octanol–water partition coefficient (Wildman–Crippen LogP) is 2.46. The number of hydrogen-bond acceptors (Lipinski definition) is 5. The number of ether oxygens (including phenoxy) is 3. The Labute approximate surface area is 164 Å². The average Bonchev–Trinajstić information content (AvgIpc) is 2.72. The Bertz CT molecular complexity index is 835. The third-order valence-corrected chi connectivity index (χ3v) is 4.28. The fourth-order valence-corrected chi connectivity index (χ4v) is 2.84. The summed E-state index contributed by atoms with van der Waals surface area (Å²) in [5.74, 6) is 1.49. The van der Waals surface area contributed by atoms with Crippen LogP contribution < -0.4 is 24.8 Å². The molecule has 148 valence electrons. The maximum Gasteiger partial charge on any atom is 0.251 e. The first-order valence-electron chi connectivity index (χ1n) is 9.26. The molecule has 3 rings (SSSR count). The standard InChI is InChI=1S/C21H24N2O5/c1-3-26-17-7-4-15(5-8-17)21(25)22-13-20(24)23-14(2)16-6-9-18-19(12-16)28-11-10-27-18/h4-9,12,14H,3,10-11,13H2,1-2H3,(H,22,25)(H,23,24). The summed E-state index contributed by atoms with van der Waals surface area (Å²) in [4.78, 5) is 24.4. The summed E-state index contributed by atoms with van der Waals surface area (Å²) in [6.07, 6.45) is 0. The van der Waals surface area contributed by atoms with Gasteiger partial charge in [-0.3, -0.25) is 9.59 Å². The Hall–Kier alpha value is -3.22. The van der Waals surface area contributed by atoms with Gasteiger partial charge in [-0.25, -0.2) is 0 Å². The Morgan fingerprint density at radius 2 is 1.79 bits per heavy atom. The number of fused-ring (bicyclic) bond motifs is 1. The molecule has 2 aromatic rings. The van der Waals surface area contributed by atoms with Gasteiger partial charge in [-0.2, -0.15) is 0 Å². The van der Waals surface area contributed by atoms with Crippen LogP contribution in [0.4, 0.5) is 0 Å². The van der Waals surface area contributed by atoms with E-state index in [1.165, 1.54) is 0 Å². The lowest BCUT2D eigenvalue weighted by atomic mass is 10.1. The first-order chi connectivity index (χ1) is 13.6. The van der Waals surface area contributed by atoms with Crippen molar-refractivity contribution in [3.63, 3.8) is 0 Å². The molecule has 0 aromatic heterocycles. The van der Waals surface area contributed by atoms with Crippen molar-refractivity contribution in [1.29, 1.82) is 0 Å². The molecule has 1 heterocycles. The SMILES string of the molecule is CCOc1ccc(C(=O)NCC(=O)NC(C)c2ccc3c(c2)OCCO3)cc1. The van der Waals surface area contributed by atoms with E-state index in [0.717, 1.165) is 5.56 Å². The summed E-state index contributed by atoms with van der Waals surface area (Å²) in [6.45, 7) is 5.26. The van der Waals surface area contributed by atoms with Gasteiger partial charge in [0.25, 0.3) is 5.91 Å². The van der Waals surface area contributed by atoms with Gasteiger partial charge >= 0.3 is 0 Å². The van der Waals surface area contributed by atoms with Crippen LogP contribution in [-0.2, 0) is 4.79 Å². The fraction of sp³-hybridized carbons (Fsp3) is 0.333. The molecule has 0 fully saturated rings. The Morgan fingerprint density at radius 3 is 2.50 bits per heavy atom. The first kappa shape index (κ1) is 19.5. The summed E-state index contributed by atoms with van der Waals surface area (Å²) in [5.41, 5.74) is 1.37. The number of rotatable bonds is 7. The molecular formula is C21H24N2O5. The van der Waals surface area contributed by atoms with E-state index in [1.807, 2.05) is 32.0 Å². The van der Waals surface area contributed by atoms with Gasteiger partial charge in [-0.15, -0.1) is 0 Å². The lowest BCUT2D eigenvalue weighted by Gasteiger charge is -2.21. The van der Waals surface area contributed by atoms with Crippen molar-refractivity contribution in [1.82, 2.24) is 10.6 Å². The van der Waals surface area contributed by atoms with Crippen LogP contribution in [0.25, 0.3) is 0 Å². The number of hydrogen-bond donors (Lipinski definition) is 2. The number of benzene rings is 2. The molecule has 1 atom stereocenters. The van der Waals surface area contributed by atoms with E-state index in [0.29, 0.717) is 42.6 Å². The van der Waals surface area contributed by atoms with E-state index in [2.05, 4.69) is 10.6 Å². The molecule has 0 spiro atoms. The Balaban J connectivity index is 1.50. The summed E-state index contributed by atoms with van der Waals surface area (Å²) < 4.78 is 16.4. The maximum absolute atomic E-state index is 12.2. The molecule has 0 saturated heterocycles. The second kappa shape index (κ2) is 9.12. The number of amides is 2. The van der Waals surface area contributed by atoms with Crippen molar-refractivity contribution in [3.8, 4) is 17.2 Å². The Kier molecular flexibility index (Phi) is 6.37. The van der Waals surface area contributed by atoms with Crippen LogP contribution in [0.3, 0.4) is 0 Å². The number of carbonyl (C=O) groups excluding carboxylic acids is 2. The second-order valence-electron chi connectivity index (χ2n) is 6.33. The van der Waals surface area contributed by atoms with E-state index in [-0.39, 0.29) is 24.4 Å². The van der Waals surface area contributed by atoms with E-state index in [9.17, 15) is 9.59 Å². The van der Waals surface area contributed by atoms with Crippen LogP contribution in [0.1, 0.15) is 35.8 Å². The third kappa shape index (κ3) is 4.94. The zero-order chi connectivity index (χ0) is 19.9. The van der Waals surface area contributed by atoms with Crippen LogP contribution in [0, 0.1) is 0 Å². The summed E-state index contributed by atoms with van der Waals surface area (Å²) in [6, 6.07) is 12.1. The molecular weight excluding hydrogens is 360 g/mol. The van der Waals surface area contributed by atoms with Crippen molar-refractivity contribution in [2.45, 2.75) is 19.9 Å². The normalized spacial score (nSPS) is 13.4. The molecule has 0 bridgehead atoms. The Morgan fingerprint density at radius 1 is 1.07 bits per heavy atom. The number of nitrogens with one attached hydrogen (secondary N) is 2. The van der Waals surface area contributed by atoms with E-state index < -0.39 is 0 Å². The highest BCUT2D eigenvalue weighted by molar-refractivity contribution is 5.96. The zero-order valence-corrected chi connectivity index (χ0v) is 16.0.